The van der Waals surface area contributed by atoms with Gasteiger partial charge in [-0.2, -0.15) is 13.2 Å². The van der Waals surface area contributed by atoms with Crippen molar-refractivity contribution < 1.29 is 23.1 Å². The number of hydrogen-bond donors (Lipinski definition) is 1. The van der Waals surface area contributed by atoms with Crippen molar-refractivity contribution in [3.8, 4) is 0 Å². The van der Waals surface area contributed by atoms with Crippen LogP contribution in [0.15, 0.2) is 35.9 Å². The largest absolute Gasteiger partial charge is 0.481 e. The molecule has 0 fully saturated rings. The lowest BCUT2D eigenvalue weighted by Gasteiger charge is -2.30. The van der Waals surface area contributed by atoms with Crippen LogP contribution in [0.25, 0.3) is 5.57 Å². The molecule has 0 aliphatic heterocycles. The summed E-state index contributed by atoms with van der Waals surface area (Å²) in [4.78, 5) is 11.5. The number of rotatable bonds is 7. The first-order valence-corrected chi connectivity index (χ1v) is 11.0. The fourth-order valence-electron chi connectivity index (χ4n) is 4.65. The van der Waals surface area contributed by atoms with Crippen LogP contribution in [-0.4, -0.2) is 15.6 Å². The smallest absolute Gasteiger partial charge is 0.416 e. The maximum atomic E-state index is 13.1. The molecule has 31 heavy (non-hydrogen) atoms. The van der Waals surface area contributed by atoms with Gasteiger partial charge in [-0.15, -0.1) is 0 Å². The van der Waals surface area contributed by atoms with Crippen molar-refractivity contribution in [2.24, 2.45) is 0 Å². The van der Waals surface area contributed by atoms with Gasteiger partial charge in [-0.05, 0) is 67.5 Å². The van der Waals surface area contributed by atoms with Gasteiger partial charge in [0.15, 0.2) is 0 Å². The van der Waals surface area contributed by atoms with Gasteiger partial charge in [-0.1, -0.05) is 37.1 Å². The molecular formula is C24H27ClF3NO2. The molecular weight excluding hydrogens is 427 g/mol. The van der Waals surface area contributed by atoms with E-state index in [1.54, 1.807) is 0 Å². The van der Waals surface area contributed by atoms with Crippen LogP contribution in [0.4, 0.5) is 13.2 Å². The Bertz CT molecular complexity index is 960. The van der Waals surface area contributed by atoms with Gasteiger partial charge in [0.2, 0.25) is 0 Å². The lowest BCUT2D eigenvalue weighted by atomic mass is 9.85. The summed E-state index contributed by atoms with van der Waals surface area (Å²) in [6, 6.07) is 7.18. The standard InChI is InChI=1S/C24H27ClF3NO2/c1-3-5-20(16-8-10-19(11-9-16)24(26,27)28)29-21(15(2)14-25)12-17-6-4-7-18(23(17)29)13-22(30)31/h8-12,14,18,20H,3-7,13H2,1-2H3,(H,30,31)/b15-14-. The average molecular weight is 454 g/mol. The van der Waals surface area contributed by atoms with Gasteiger partial charge in [-0.3, -0.25) is 4.79 Å². The predicted molar refractivity (Wildman–Crippen MR) is 116 cm³/mol. The number of fused-ring (bicyclic) bond motifs is 1. The molecule has 168 valence electrons. The van der Waals surface area contributed by atoms with Crippen LogP contribution in [0.2, 0.25) is 0 Å². The molecule has 1 heterocycles. The van der Waals surface area contributed by atoms with Gasteiger partial charge >= 0.3 is 12.1 Å². The summed E-state index contributed by atoms with van der Waals surface area (Å²) in [5.74, 6) is -0.981. The van der Waals surface area contributed by atoms with E-state index < -0.39 is 17.7 Å². The van der Waals surface area contributed by atoms with Gasteiger partial charge in [-0.25, -0.2) is 0 Å². The molecule has 2 atom stereocenters. The number of allylic oxidation sites excluding steroid dienone is 1. The van der Waals surface area contributed by atoms with E-state index in [4.69, 9.17) is 11.6 Å². The summed E-state index contributed by atoms with van der Waals surface area (Å²) in [6.07, 6.45) is -0.269. The molecule has 0 saturated heterocycles. The van der Waals surface area contributed by atoms with Crippen molar-refractivity contribution >= 4 is 23.1 Å². The van der Waals surface area contributed by atoms with Gasteiger partial charge in [0.25, 0.3) is 0 Å². The Kier molecular flexibility index (Phi) is 7.20. The van der Waals surface area contributed by atoms with E-state index in [1.165, 1.54) is 17.7 Å². The maximum absolute atomic E-state index is 13.1. The Morgan fingerprint density at radius 1 is 1.32 bits per heavy atom. The summed E-state index contributed by atoms with van der Waals surface area (Å²) < 4.78 is 41.4. The minimum absolute atomic E-state index is 0.0337. The topological polar surface area (TPSA) is 42.2 Å². The number of hydrogen-bond acceptors (Lipinski definition) is 1. The normalized spacial score (nSPS) is 18.0. The second-order valence-electron chi connectivity index (χ2n) is 8.21. The second kappa shape index (κ2) is 9.51. The number of aromatic nitrogens is 1. The molecule has 3 rings (SSSR count). The lowest BCUT2D eigenvalue weighted by Crippen LogP contribution is -2.22. The van der Waals surface area contributed by atoms with Crippen molar-refractivity contribution in [2.45, 2.75) is 70.5 Å². The van der Waals surface area contributed by atoms with Crippen molar-refractivity contribution in [3.63, 3.8) is 0 Å². The third-order valence-electron chi connectivity index (χ3n) is 6.03. The van der Waals surface area contributed by atoms with Crippen molar-refractivity contribution in [3.05, 3.63) is 63.9 Å². The first-order chi connectivity index (χ1) is 14.7. The first kappa shape index (κ1) is 23.5. The quantitative estimate of drug-likeness (QED) is 0.474. The van der Waals surface area contributed by atoms with Crippen LogP contribution in [0, 0.1) is 0 Å². The minimum atomic E-state index is -4.39. The van der Waals surface area contributed by atoms with Crippen molar-refractivity contribution in [1.82, 2.24) is 4.57 Å². The summed E-state index contributed by atoms with van der Waals surface area (Å²) in [7, 11) is 0. The van der Waals surface area contributed by atoms with E-state index in [1.807, 2.05) is 13.8 Å². The zero-order chi connectivity index (χ0) is 22.8. The summed E-state index contributed by atoms with van der Waals surface area (Å²) >= 11 is 6.05. The molecule has 1 N–H and O–H groups in total. The molecule has 2 unspecified atom stereocenters. The molecule has 0 spiro atoms. The van der Waals surface area contributed by atoms with Crippen LogP contribution in [0.1, 0.15) is 86.0 Å². The lowest BCUT2D eigenvalue weighted by molar-refractivity contribution is -0.138. The Labute approximate surface area is 185 Å². The van der Waals surface area contributed by atoms with Crippen molar-refractivity contribution in [1.29, 1.82) is 0 Å². The molecule has 0 radical (unpaired) electrons. The van der Waals surface area contributed by atoms with Crippen LogP contribution >= 0.6 is 11.6 Å². The van der Waals surface area contributed by atoms with Crippen LogP contribution < -0.4 is 0 Å². The number of alkyl halides is 3. The highest BCUT2D eigenvalue weighted by atomic mass is 35.5. The number of carboxylic acids is 1. The highest BCUT2D eigenvalue weighted by Gasteiger charge is 2.33. The summed E-state index contributed by atoms with van der Waals surface area (Å²) in [6.45, 7) is 3.93. The third-order valence-corrected chi connectivity index (χ3v) is 6.36. The third kappa shape index (κ3) is 5.00. The molecule has 1 aliphatic carbocycles. The van der Waals surface area contributed by atoms with Gasteiger partial charge in [0.1, 0.15) is 0 Å². The fourth-order valence-corrected chi connectivity index (χ4v) is 4.76. The summed E-state index contributed by atoms with van der Waals surface area (Å²) in [5.41, 5.74) is 5.43. The van der Waals surface area contributed by atoms with E-state index in [-0.39, 0.29) is 18.4 Å². The van der Waals surface area contributed by atoms with Gasteiger partial charge < -0.3 is 9.67 Å². The number of aryl methyl sites for hydroxylation is 1. The van der Waals surface area contributed by atoms with Crippen LogP contribution in [0.3, 0.4) is 0 Å². The molecule has 3 nitrogen and oxygen atoms in total. The predicted octanol–water partition coefficient (Wildman–Crippen LogP) is 7.39. The number of halogens is 4. The number of benzene rings is 1. The van der Waals surface area contributed by atoms with Crippen LogP contribution in [-0.2, 0) is 17.4 Å². The molecule has 2 aromatic rings. The van der Waals surface area contributed by atoms with E-state index in [0.717, 1.165) is 72.3 Å². The molecule has 1 aromatic heterocycles. The second-order valence-corrected chi connectivity index (χ2v) is 8.43. The molecule has 0 saturated carbocycles. The maximum Gasteiger partial charge on any atom is 0.416 e. The average Bonchev–Trinajstić information content (AvgIpc) is 3.11. The Hall–Kier alpha value is -2.21. The van der Waals surface area contributed by atoms with Gasteiger partial charge in [0, 0.05) is 22.8 Å². The highest BCUT2D eigenvalue weighted by molar-refractivity contribution is 6.28. The Morgan fingerprint density at radius 3 is 2.55 bits per heavy atom. The number of carbonyl (C=O) groups is 1. The minimum Gasteiger partial charge on any atom is -0.481 e. The zero-order valence-electron chi connectivity index (χ0n) is 17.7. The van der Waals surface area contributed by atoms with Crippen LogP contribution in [0.5, 0.6) is 0 Å². The molecule has 7 heteroatoms. The van der Waals surface area contributed by atoms with E-state index in [2.05, 4.69) is 10.6 Å². The highest BCUT2D eigenvalue weighted by Crippen LogP contribution is 2.42. The molecule has 1 aromatic carbocycles. The molecule has 0 amide bonds. The van der Waals surface area contributed by atoms with E-state index in [0.29, 0.717) is 0 Å². The number of carboxylic acid groups (broad SMARTS) is 1. The number of nitrogens with zero attached hydrogens (tertiary/aromatic N) is 1. The summed E-state index contributed by atoms with van der Waals surface area (Å²) in [5, 5.41) is 9.46. The fraction of sp³-hybridized carbons (Fsp3) is 0.458. The first-order valence-electron chi connectivity index (χ1n) is 10.6. The van der Waals surface area contributed by atoms with Crippen molar-refractivity contribution in [2.75, 3.05) is 0 Å². The molecule has 0 bridgehead atoms. The Morgan fingerprint density at radius 2 is 2.00 bits per heavy atom. The van der Waals surface area contributed by atoms with Gasteiger partial charge in [0.05, 0.1) is 18.0 Å². The number of aliphatic carboxylic acids is 1. The van der Waals surface area contributed by atoms with E-state index >= 15 is 0 Å². The monoisotopic (exact) mass is 453 g/mol. The van der Waals surface area contributed by atoms with E-state index in [9.17, 15) is 23.1 Å². The Balaban J connectivity index is 2.18. The molecule has 1 aliphatic rings. The SMILES string of the molecule is CCCC(c1ccc(C(F)(F)F)cc1)n1c(/C(C)=C\Cl)cc2c1C(CC(=O)O)CCC2. The zero-order valence-corrected chi connectivity index (χ0v) is 18.4.